The summed E-state index contributed by atoms with van der Waals surface area (Å²) >= 11 is 0. The lowest BCUT2D eigenvalue weighted by Gasteiger charge is -2.36. The highest BCUT2D eigenvalue weighted by atomic mass is 16.5. The molecule has 2 aromatic rings. The average molecular weight is 372 g/mol. The van der Waals surface area contributed by atoms with Gasteiger partial charge < -0.3 is 24.9 Å². The Labute approximate surface area is 161 Å². The van der Waals surface area contributed by atoms with Crippen LogP contribution in [0.5, 0.6) is 0 Å². The summed E-state index contributed by atoms with van der Waals surface area (Å²) < 4.78 is 5.77. The lowest BCUT2D eigenvalue weighted by molar-refractivity contribution is -0.113. The van der Waals surface area contributed by atoms with E-state index in [4.69, 9.17) is 19.8 Å². The molecule has 0 aliphatic rings. The zero-order chi connectivity index (χ0) is 20.7. The molecule has 0 atom stereocenters. The second-order valence-electron chi connectivity index (χ2n) is 7.22. The molecular formula is C21H29BO5. The van der Waals surface area contributed by atoms with E-state index in [1.807, 2.05) is 38.1 Å². The lowest BCUT2D eigenvalue weighted by Crippen LogP contribution is -2.46. The molecule has 146 valence electrons. The number of aliphatic hydroxyl groups is 1. The molecule has 0 amide bonds. The minimum Gasteiger partial charge on any atom is -0.492 e. The minimum absolute atomic E-state index is 0.658. The van der Waals surface area contributed by atoms with E-state index in [9.17, 15) is 5.11 Å². The van der Waals surface area contributed by atoms with Crippen molar-refractivity contribution < 1.29 is 24.9 Å². The van der Waals surface area contributed by atoms with Crippen LogP contribution in [0.25, 0.3) is 17.2 Å². The van der Waals surface area contributed by atoms with Gasteiger partial charge in [0.05, 0.1) is 11.9 Å². The molecule has 0 fully saturated rings. The zero-order valence-electron chi connectivity index (χ0n) is 16.5. The Morgan fingerprint density at radius 1 is 0.889 bits per heavy atom. The van der Waals surface area contributed by atoms with Crippen LogP contribution in [0.15, 0.2) is 54.8 Å². The molecule has 27 heavy (non-hydrogen) atoms. The summed E-state index contributed by atoms with van der Waals surface area (Å²) in [7, 11) is -2.17. The van der Waals surface area contributed by atoms with Crippen LogP contribution in [0.2, 0.25) is 0 Å². The number of rotatable bonds is 5. The molecule has 0 saturated carbocycles. The summed E-state index contributed by atoms with van der Waals surface area (Å²) in [5.41, 5.74) is 3.16. The molecule has 2 rings (SSSR count). The minimum atomic E-state index is -2.17. The fourth-order valence-corrected chi connectivity index (χ4v) is 2.19. The highest BCUT2D eigenvalue weighted by molar-refractivity contribution is 6.30. The van der Waals surface area contributed by atoms with Crippen LogP contribution < -0.4 is 0 Å². The highest BCUT2D eigenvalue weighted by Gasteiger charge is 2.36. The van der Waals surface area contributed by atoms with Gasteiger partial charge in [-0.3, -0.25) is 0 Å². The van der Waals surface area contributed by atoms with E-state index in [2.05, 4.69) is 37.3 Å². The maximum atomic E-state index is 10.1. The van der Waals surface area contributed by atoms with Gasteiger partial charge in [-0.25, -0.2) is 0 Å². The quantitative estimate of drug-likeness (QED) is 0.478. The predicted molar refractivity (Wildman–Crippen MR) is 110 cm³/mol. The fourth-order valence-electron chi connectivity index (χ4n) is 2.19. The number of benzene rings is 2. The van der Waals surface area contributed by atoms with Gasteiger partial charge >= 0.3 is 7.32 Å². The Bertz CT molecular complexity index is 731. The van der Waals surface area contributed by atoms with E-state index in [0.717, 1.165) is 5.56 Å². The van der Waals surface area contributed by atoms with Crippen molar-refractivity contribution in [2.75, 3.05) is 0 Å². The molecule has 0 spiro atoms. The Hall–Kier alpha value is -2.12. The summed E-state index contributed by atoms with van der Waals surface area (Å²) in [5, 5.41) is 31.6. The van der Waals surface area contributed by atoms with Crippen LogP contribution in [-0.4, -0.2) is 38.7 Å². The Balaban J connectivity index is 0.000000828. The van der Waals surface area contributed by atoms with E-state index < -0.39 is 18.5 Å². The third-order valence-electron chi connectivity index (χ3n) is 4.54. The molecule has 0 aliphatic carbocycles. The molecule has 0 radical (unpaired) electrons. The van der Waals surface area contributed by atoms with Crippen molar-refractivity contribution in [1.82, 2.24) is 0 Å². The van der Waals surface area contributed by atoms with E-state index in [0.29, 0.717) is 0 Å². The smallest absolute Gasteiger partial charge is 0.492 e. The van der Waals surface area contributed by atoms with Crippen LogP contribution in [-0.2, 0) is 4.74 Å². The molecule has 4 N–H and O–H groups in total. The van der Waals surface area contributed by atoms with Gasteiger partial charge in [0.2, 0.25) is 0 Å². The summed E-state index contributed by atoms with van der Waals surface area (Å²) in [4.78, 5) is 0. The third-order valence-corrected chi connectivity index (χ3v) is 4.54. The molecule has 0 bridgehead atoms. The fraction of sp³-hybridized carbons (Fsp3) is 0.333. The number of hydrogen-bond donors (Lipinski definition) is 4. The second-order valence-corrected chi connectivity index (χ2v) is 7.22. The van der Waals surface area contributed by atoms with Gasteiger partial charge in [-0.15, -0.1) is 0 Å². The number of ether oxygens (including phenoxy) is 1. The van der Waals surface area contributed by atoms with Crippen LogP contribution in [0, 0.1) is 6.92 Å². The molecule has 0 aromatic heterocycles. The first-order valence-electron chi connectivity index (χ1n) is 8.71. The highest BCUT2D eigenvalue weighted by Crippen LogP contribution is 2.28. The van der Waals surface area contributed by atoms with Crippen molar-refractivity contribution in [2.45, 2.75) is 45.8 Å². The van der Waals surface area contributed by atoms with Gasteiger partial charge in [0.1, 0.15) is 5.60 Å². The molecule has 6 heteroatoms. The molecule has 5 nitrogen and oxygen atoms in total. The Morgan fingerprint density at radius 2 is 1.44 bits per heavy atom. The Morgan fingerprint density at radius 3 is 1.96 bits per heavy atom. The summed E-state index contributed by atoms with van der Waals surface area (Å²) in [6, 6.07) is 16.6. The normalized spacial score (nSPS) is 11.7. The predicted octanol–water partition coefficient (Wildman–Crippen LogP) is 3.15. The van der Waals surface area contributed by atoms with Crippen molar-refractivity contribution in [3.8, 4) is 11.1 Å². The van der Waals surface area contributed by atoms with Crippen molar-refractivity contribution in [3.05, 3.63) is 65.9 Å². The zero-order valence-corrected chi connectivity index (χ0v) is 16.5. The largest absolute Gasteiger partial charge is 0.631 e. The maximum absolute atomic E-state index is 10.1. The van der Waals surface area contributed by atoms with Crippen LogP contribution in [0.3, 0.4) is 0 Å². The van der Waals surface area contributed by atoms with Gasteiger partial charge in [-0.1, -0.05) is 48.5 Å². The third kappa shape index (κ3) is 7.19. The molecule has 0 saturated heterocycles. The second kappa shape index (κ2) is 9.71. The molecule has 0 heterocycles. The SMILES string of the molecule is Cc1c(C=COC(C)(C)C(C)(C)O)cccc1-c1ccccc1.OB(O)O. The molecule has 0 unspecified atom stereocenters. The van der Waals surface area contributed by atoms with E-state index in [-0.39, 0.29) is 0 Å². The van der Waals surface area contributed by atoms with Crippen molar-refractivity contribution in [1.29, 1.82) is 0 Å². The van der Waals surface area contributed by atoms with Crippen LogP contribution in [0.4, 0.5) is 0 Å². The summed E-state index contributed by atoms with van der Waals surface area (Å²) in [5.74, 6) is 0. The summed E-state index contributed by atoms with van der Waals surface area (Å²) in [6.45, 7) is 9.38. The summed E-state index contributed by atoms with van der Waals surface area (Å²) in [6.07, 6.45) is 3.63. The van der Waals surface area contributed by atoms with E-state index >= 15 is 0 Å². The Kier molecular flexibility index (Phi) is 8.25. The first-order valence-corrected chi connectivity index (χ1v) is 8.71. The standard InChI is InChI=1S/C21H26O2.BH3O3/c1-16-17(14-15-23-21(4,5)20(2,3)22)12-9-13-19(16)18-10-7-6-8-11-18;2-1(3)4/h6-15,22H,1-5H3;2-4H. The molecule has 0 aliphatic heterocycles. The molecule has 2 aromatic carbocycles. The van der Waals surface area contributed by atoms with Gasteiger partial charge in [0.25, 0.3) is 0 Å². The average Bonchev–Trinajstić information content (AvgIpc) is 2.55. The van der Waals surface area contributed by atoms with Gasteiger partial charge in [-0.05, 0) is 62.9 Å². The topological polar surface area (TPSA) is 90.2 Å². The van der Waals surface area contributed by atoms with Gasteiger partial charge in [0, 0.05) is 0 Å². The van der Waals surface area contributed by atoms with E-state index in [1.54, 1.807) is 20.1 Å². The molecular weight excluding hydrogens is 343 g/mol. The maximum Gasteiger partial charge on any atom is 0.631 e. The monoisotopic (exact) mass is 372 g/mol. The lowest BCUT2D eigenvalue weighted by atomic mass is 9.89. The van der Waals surface area contributed by atoms with Crippen LogP contribution in [0.1, 0.15) is 38.8 Å². The first-order chi connectivity index (χ1) is 12.5. The van der Waals surface area contributed by atoms with Crippen molar-refractivity contribution in [3.63, 3.8) is 0 Å². The first kappa shape index (κ1) is 22.9. The van der Waals surface area contributed by atoms with Crippen LogP contribution >= 0.6 is 0 Å². The number of hydrogen-bond acceptors (Lipinski definition) is 5. The van der Waals surface area contributed by atoms with Crippen molar-refractivity contribution in [2.24, 2.45) is 0 Å². The van der Waals surface area contributed by atoms with E-state index in [1.165, 1.54) is 16.7 Å². The van der Waals surface area contributed by atoms with Gasteiger partial charge in [0.15, 0.2) is 0 Å². The van der Waals surface area contributed by atoms with Crippen molar-refractivity contribution >= 4 is 13.4 Å². The van der Waals surface area contributed by atoms with Gasteiger partial charge in [-0.2, -0.15) is 0 Å².